The Labute approximate surface area is 145 Å². The van der Waals surface area contributed by atoms with Crippen LogP contribution in [-0.4, -0.2) is 54.9 Å². The summed E-state index contributed by atoms with van der Waals surface area (Å²) in [5, 5.41) is 5.93. The Hall–Kier alpha value is -1.59. The van der Waals surface area contributed by atoms with E-state index in [9.17, 15) is 4.79 Å². The molecule has 2 amide bonds. The van der Waals surface area contributed by atoms with E-state index in [2.05, 4.69) is 55.4 Å². The van der Waals surface area contributed by atoms with Crippen LogP contribution in [0.25, 0.3) is 0 Å². The first kappa shape index (κ1) is 18.7. The van der Waals surface area contributed by atoms with Crippen LogP contribution in [0.2, 0.25) is 0 Å². The summed E-state index contributed by atoms with van der Waals surface area (Å²) in [7, 11) is 0. The molecule has 24 heavy (non-hydrogen) atoms. The molecule has 1 aliphatic heterocycles. The van der Waals surface area contributed by atoms with Crippen molar-refractivity contribution in [3.8, 4) is 0 Å². The summed E-state index contributed by atoms with van der Waals surface area (Å²) in [5.41, 5.74) is 1.14. The van der Waals surface area contributed by atoms with Crippen LogP contribution in [0, 0.1) is 0 Å². The van der Waals surface area contributed by atoms with Gasteiger partial charge in [-0.2, -0.15) is 0 Å². The fourth-order valence-electron chi connectivity index (χ4n) is 3.11. The molecule has 1 aliphatic rings. The highest BCUT2D eigenvalue weighted by atomic mass is 16.5. The van der Waals surface area contributed by atoms with Gasteiger partial charge in [0.25, 0.3) is 0 Å². The predicted molar refractivity (Wildman–Crippen MR) is 97.2 cm³/mol. The first-order valence-corrected chi connectivity index (χ1v) is 8.83. The highest BCUT2D eigenvalue weighted by molar-refractivity contribution is 5.73. The van der Waals surface area contributed by atoms with E-state index in [4.69, 9.17) is 4.74 Å². The van der Waals surface area contributed by atoms with Crippen LogP contribution in [0.1, 0.15) is 33.3 Å². The number of nitrogens with zero attached hydrogens (tertiary/aromatic N) is 1. The Morgan fingerprint density at radius 2 is 1.79 bits per heavy atom. The van der Waals surface area contributed by atoms with Gasteiger partial charge in [0, 0.05) is 31.7 Å². The number of nitrogens with one attached hydrogen (secondary N) is 2. The smallest absolute Gasteiger partial charge is 0.314 e. The molecule has 1 saturated heterocycles. The van der Waals surface area contributed by atoms with Crippen LogP contribution in [0.15, 0.2) is 30.3 Å². The first-order valence-electron chi connectivity index (χ1n) is 8.83. The van der Waals surface area contributed by atoms with Gasteiger partial charge in [-0.05, 0) is 39.7 Å². The van der Waals surface area contributed by atoms with Gasteiger partial charge in [-0.1, -0.05) is 30.3 Å². The van der Waals surface area contributed by atoms with Gasteiger partial charge in [0.05, 0.1) is 12.2 Å². The summed E-state index contributed by atoms with van der Waals surface area (Å²) >= 11 is 0. The maximum atomic E-state index is 12.0. The molecule has 5 nitrogen and oxygen atoms in total. The summed E-state index contributed by atoms with van der Waals surface area (Å²) in [4.78, 5) is 14.4. The molecule has 2 N–H and O–H groups in total. The third-order valence-corrected chi connectivity index (χ3v) is 4.50. The second-order valence-corrected chi connectivity index (χ2v) is 7.32. The third-order valence-electron chi connectivity index (χ3n) is 4.50. The lowest BCUT2D eigenvalue weighted by molar-refractivity contribution is -0.0947. The number of ether oxygens (including phenoxy) is 1. The van der Waals surface area contributed by atoms with Gasteiger partial charge in [0.15, 0.2) is 0 Å². The standard InChI is InChI=1S/C19H31N3O2/c1-15-12-22(13-16(2)24-15)19(3,4)14-21-18(23)20-11-10-17-8-6-5-7-9-17/h5-9,15-16H,10-14H2,1-4H3,(H2,20,21,23). The molecule has 1 fully saturated rings. The van der Waals surface area contributed by atoms with Gasteiger partial charge < -0.3 is 15.4 Å². The molecule has 2 atom stereocenters. The van der Waals surface area contributed by atoms with E-state index >= 15 is 0 Å². The molecule has 0 aliphatic carbocycles. The number of benzene rings is 1. The topological polar surface area (TPSA) is 53.6 Å². The number of rotatable bonds is 6. The molecule has 134 valence electrons. The van der Waals surface area contributed by atoms with E-state index in [-0.39, 0.29) is 23.8 Å². The van der Waals surface area contributed by atoms with E-state index in [1.54, 1.807) is 0 Å². The molecule has 0 radical (unpaired) electrons. The Morgan fingerprint density at radius 3 is 2.42 bits per heavy atom. The van der Waals surface area contributed by atoms with Crippen LogP contribution in [0.5, 0.6) is 0 Å². The van der Waals surface area contributed by atoms with Crippen molar-refractivity contribution < 1.29 is 9.53 Å². The Morgan fingerprint density at radius 1 is 1.17 bits per heavy atom. The van der Waals surface area contributed by atoms with Gasteiger partial charge in [-0.15, -0.1) is 0 Å². The van der Waals surface area contributed by atoms with Crippen molar-refractivity contribution in [1.29, 1.82) is 0 Å². The number of urea groups is 1. The maximum Gasteiger partial charge on any atom is 0.314 e. The van der Waals surface area contributed by atoms with Crippen molar-refractivity contribution in [3.63, 3.8) is 0 Å². The molecule has 2 unspecified atom stereocenters. The summed E-state index contributed by atoms with van der Waals surface area (Å²) < 4.78 is 5.79. The number of amides is 2. The minimum atomic E-state index is -0.103. The third kappa shape index (κ3) is 5.80. The molecule has 1 aromatic carbocycles. The van der Waals surface area contributed by atoms with Crippen LogP contribution >= 0.6 is 0 Å². The van der Waals surface area contributed by atoms with Gasteiger partial charge in [0.2, 0.25) is 0 Å². The van der Waals surface area contributed by atoms with Crippen LogP contribution in [-0.2, 0) is 11.2 Å². The highest BCUT2D eigenvalue weighted by Gasteiger charge is 2.33. The Kier molecular flexibility index (Phi) is 6.63. The van der Waals surface area contributed by atoms with E-state index in [0.717, 1.165) is 19.5 Å². The van der Waals surface area contributed by atoms with Crippen LogP contribution in [0.3, 0.4) is 0 Å². The SMILES string of the molecule is CC1CN(C(C)(C)CNC(=O)NCCc2ccccc2)CC(C)O1. The minimum absolute atomic E-state index is 0.0942. The number of morpholine rings is 1. The number of hydrogen-bond donors (Lipinski definition) is 2. The van der Waals surface area contributed by atoms with Crippen molar-refractivity contribution in [2.45, 2.75) is 51.9 Å². The molecule has 0 spiro atoms. The van der Waals surface area contributed by atoms with E-state index in [1.807, 2.05) is 18.2 Å². The summed E-state index contributed by atoms with van der Waals surface area (Å²) in [6.45, 7) is 11.6. The largest absolute Gasteiger partial charge is 0.373 e. The lowest BCUT2D eigenvalue weighted by atomic mass is 10.00. The monoisotopic (exact) mass is 333 g/mol. The van der Waals surface area contributed by atoms with Crippen molar-refractivity contribution >= 4 is 6.03 Å². The average Bonchev–Trinajstić information content (AvgIpc) is 2.53. The molecule has 2 rings (SSSR count). The van der Waals surface area contributed by atoms with Gasteiger partial charge in [-0.3, -0.25) is 4.90 Å². The molecule has 0 aromatic heterocycles. The van der Waals surface area contributed by atoms with E-state index < -0.39 is 0 Å². The summed E-state index contributed by atoms with van der Waals surface area (Å²) in [5.74, 6) is 0. The van der Waals surface area contributed by atoms with Gasteiger partial charge in [0.1, 0.15) is 0 Å². The Bertz CT molecular complexity index is 509. The lowest BCUT2D eigenvalue weighted by Crippen LogP contribution is -2.59. The first-order chi connectivity index (χ1) is 11.4. The molecule has 0 bridgehead atoms. The second-order valence-electron chi connectivity index (χ2n) is 7.32. The molecule has 5 heteroatoms. The zero-order chi connectivity index (χ0) is 17.6. The van der Waals surface area contributed by atoms with E-state index in [0.29, 0.717) is 13.1 Å². The number of carbonyl (C=O) groups excluding carboxylic acids is 1. The van der Waals surface area contributed by atoms with Crippen molar-refractivity contribution in [1.82, 2.24) is 15.5 Å². The van der Waals surface area contributed by atoms with Crippen LogP contribution in [0.4, 0.5) is 4.79 Å². The summed E-state index contributed by atoms with van der Waals surface area (Å²) in [6, 6.07) is 10.1. The lowest BCUT2D eigenvalue weighted by Gasteiger charge is -2.45. The normalized spacial score (nSPS) is 22.2. The van der Waals surface area contributed by atoms with Crippen LogP contribution < -0.4 is 10.6 Å². The molecule has 1 aromatic rings. The summed E-state index contributed by atoms with van der Waals surface area (Å²) in [6.07, 6.45) is 1.30. The molecule has 0 saturated carbocycles. The van der Waals surface area contributed by atoms with Gasteiger partial charge in [-0.25, -0.2) is 4.79 Å². The van der Waals surface area contributed by atoms with E-state index in [1.165, 1.54) is 5.56 Å². The fraction of sp³-hybridized carbons (Fsp3) is 0.632. The van der Waals surface area contributed by atoms with Crippen molar-refractivity contribution in [2.24, 2.45) is 0 Å². The molecular formula is C19H31N3O2. The number of hydrogen-bond acceptors (Lipinski definition) is 3. The zero-order valence-corrected chi connectivity index (χ0v) is 15.3. The van der Waals surface area contributed by atoms with Crippen molar-refractivity contribution in [3.05, 3.63) is 35.9 Å². The Balaban J connectivity index is 1.71. The van der Waals surface area contributed by atoms with Gasteiger partial charge >= 0.3 is 6.03 Å². The maximum absolute atomic E-state index is 12.0. The fourth-order valence-corrected chi connectivity index (χ4v) is 3.11. The minimum Gasteiger partial charge on any atom is -0.373 e. The number of carbonyl (C=O) groups is 1. The highest BCUT2D eigenvalue weighted by Crippen LogP contribution is 2.20. The molecule has 1 heterocycles. The second kappa shape index (κ2) is 8.49. The van der Waals surface area contributed by atoms with Crippen molar-refractivity contribution in [2.75, 3.05) is 26.2 Å². The average molecular weight is 333 g/mol. The molecular weight excluding hydrogens is 302 g/mol. The predicted octanol–water partition coefficient (Wildman–Crippen LogP) is 2.42. The quantitative estimate of drug-likeness (QED) is 0.841. The zero-order valence-electron chi connectivity index (χ0n) is 15.3.